The highest BCUT2D eigenvalue weighted by Crippen LogP contribution is 2.27. The van der Waals surface area contributed by atoms with Gasteiger partial charge in [0.1, 0.15) is 11.5 Å². The molecule has 35 heavy (non-hydrogen) atoms. The molecule has 1 saturated heterocycles. The van der Waals surface area contributed by atoms with Crippen LogP contribution in [0.3, 0.4) is 0 Å². The van der Waals surface area contributed by atoms with Crippen molar-refractivity contribution in [1.82, 2.24) is 25.1 Å². The molecule has 9 nitrogen and oxygen atoms in total. The lowest BCUT2D eigenvalue weighted by molar-refractivity contribution is 0.0938. The summed E-state index contributed by atoms with van der Waals surface area (Å²) < 4.78 is 26.5. The minimum atomic E-state index is -0.633. The van der Waals surface area contributed by atoms with Crippen LogP contribution in [0.25, 0.3) is 10.9 Å². The second-order valence-corrected chi connectivity index (χ2v) is 8.41. The molecule has 2 N–H and O–H groups in total. The van der Waals surface area contributed by atoms with E-state index in [4.69, 9.17) is 9.47 Å². The Morgan fingerprint density at radius 3 is 2.83 bits per heavy atom. The zero-order valence-corrected chi connectivity index (χ0v) is 19.4. The van der Waals surface area contributed by atoms with Crippen LogP contribution in [0.5, 0.6) is 5.75 Å². The number of hydrogen-bond acceptors (Lipinski definition) is 7. The summed E-state index contributed by atoms with van der Waals surface area (Å²) in [5.74, 6) is -0.104. The minimum absolute atomic E-state index is 0.128. The van der Waals surface area contributed by atoms with E-state index < -0.39 is 17.8 Å². The van der Waals surface area contributed by atoms with Gasteiger partial charge in [0, 0.05) is 43.1 Å². The van der Waals surface area contributed by atoms with Crippen molar-refractivity contribution in [3.8, 4) is 5.75 Å². The second-order valence-electron chi connectivity index (χ2n) is 8.41. The molecule has 1 aliphatic rings. The summed E-state index contributed by atoms with van der Waals surface area (Å²) in [5, 5.41) is 11.3. The normalized spacial score (nSPS) is 16.3. The number of carbonyl (C=O) groups is 1. The SMILES string of the molecule is COc1ccc(C(NC(=O)c2ccc3cnc(N[C@H]4CCOC4)cc3n2)c2cnn(C)c2)cc1F. The van der Waals surface area contributed by atoms with E-state index in [-0.39, 0.29) is 17.5 Å². The highest BCUT2D eigenvalue weighted by Gasteiger charge is 2.22. The zero-order valence-electron chi connectivity index (χ0n) is 19.4. The number of nitrogens with zero attached hydrogens (tertiary/aromatic N) is 4. The van der Waals surface area contributed by atoms with E-state index in [9.17, 15) is 9.18 Å². The fourth-order valence-corrected chi connectivity index (χ4v) is 4.09. The number of nitrogens with one attached hydrogen (secondary N) is 2. The molecule has 10 heteroatoms. The topological polar surface area (TPSA) is 103 Å². The summed E-state index contributed by atoms with van der Waals surface area (Å²) in [6.07, 6.45) is 6.05. The lowest BCUT2D eigenvalue weighted by Crippen LogP contribution is -2.30. The largest absolute Gasteiger partial charge is 0.494 e. The van der Waals surface area contributed by atoms with Crippen LogP contribution >= 0.6 is 0 Å². The van der Waals surface area contributed by atoms with Gasteiger partial charge in [-0.3, -0.25) is 9.48 Å². The molecule has 4 heterocycles. The molecule has 1 unspecified atom stereocenters. The van der Waals surface area contributed by atoms with E-state index in [0.717, 1.165) is 18.4 Å². The fraction of sp³-hybridized carbons (Fsp3) is 0.280. The van der Waals surface area contributed by atoms with Gasteiger partial charge in [0.25, 0.3) is 5.91 Å². The van der Waals surface area contributed by atoms with E-state index in [2.05, 4.69) is 25.7 Å². The number of aromatic nitrogens is 4. The Hall–Kier alpha value is -4.05. The molecule has 1 aliphatic heterocycles. The van der Waals surface area contributed by atoms with Gasteiger partial charge in [-0.15, -0.1) is 0 Å². The molecule has 0 spiro atoms. The predicted octanol–water partition coefficient (Wildman–Crippen LogP) is 3.23. The van der Waals surface area contributed by atoms with Crippen molar-refractivity contribution >= 4 is 22.6 Å². The molecule has 0 aliphatic carbocycles. The Morgan fingerprint density at radius 2 is 2.11 bits per heavy atom. The summed E-state index contributed by atoms with van der Waals surface area (Å²) in [6.45, 7) is 1.36. The van der Waals surface area contributed by atoms with E-state index in [0.29, 0.717) is 29.1 Å². The molecule has 3 aromatic heterocycles. The van der Waals surface area contributed by atoms with Crippen LogP contribution in [-0.4, -0.2) is 52.0 Å². The monoisotopic (exact) mass is 476 g/mol. The van der Waals surface area contributed by atoms with Crippen LogP contribution < -0.4 is 15.4 Å². The van der Waals surface area contributed by atoms with Crippen molar-refractivity contribution in [2.45, 2.75) is 18.5 Å². The molecule has 0 saturated carbocycles. The molecule has 0 radical (unpaired) electrons. The van der Waals surface area contributed by atoms with Gasteiger partial charge in [-0.25, -0.2) is 14.4 Å². The Morgan fingerprint density at radius 1 is 1.23 bits per heavy atom. The van der Waals surface area contributed by atoms with Gasteiger partial charge in [-0.2, -0.15) is 5.10 Å². The van der Waals surface area contributed by atoms with Gasteiger partial charge >= 0.3 is 0 Å². The average Bonchev–Trinajstić information content (AvgIpc) is 3.53. The fourth-order valence-electron chi connectivity index (χ4n) is 4.09. The number of amides is 1. The smallest absolute Gasteiger partial charge is 0.270 e. The highest BCUT2D eigenvalue weighted by atomic mass is 19.1. The zero-order chi connectivity index (χ0) is 24.4. The molecule has 1 amide bonds. The summed E-state index contributed by atoms with van der Waals surface area (Å²) in [4.78, 5) is 22.3. The summed E-state index contributed by atoms with van der Waals surface area (Å²) in [6, 6.07) is 9.44. The van der Waals surface area contributed by atoms with Crippen molar-refractivity contribution in [3.63, 3.8) is 0 Å². The van der Waals surface area contributed by atoms with Crippen LogP contribution in [0.15, 0.2) is 55.0 Å². The first kappa shape index (κ1) is 22.7. The van der Waals surface area contributed by atoms with Crippen LogP contribution in [0, 0.1) is 5.82 Å². The van der Waals surface area contributed by atoms with E-state index in [1.54, 1.807) is 48.5 Å². The van der Waals surface area contributed by atoms with Crippen molar-refractivity contribution in [3.05, 3.63) is 77.6 Å². The molecular weight excluding hydrogens is 451 g/mol. The maximum Gasteiger partial charge on any atom is 0.270 e. The van der Waals surface area contributed by atoms with Crippen LogP contribution in [-0.2, 0) is 11.8 Å². The van der Waals surface area contributed by atoms with Crippen molar-refractivity contribution in [1.29, 1.82) is 0 Å². The van der Waals surface area contributed by atoms with Gasteiger partial charge in [0.05, 0.1) is 37.5 Å². The van der Waals surface area contributed by atoms with E-state index in [1.807, 2.05) is 6.07 Å². The number of hydrogen-bond donors (Lipinski definition) is 2. The molecule has 0 bridgehead atoms. The summed E-state index contributed by atoms with van der Waals surface area (Å²) >= 11 is 0. The van der Waals surface area contributed by atoms with Crippen LogP contribution in [0.2, 0.25) is 0 Å². The lowest BCUT2D eigenvalue weighted by atomic mass is 10.0. The Balaban J connectivity index is 1.42. The average molecular weight is 477 g/mol. The number of methoxy groups -OCH3 is 1. The number of fused-ring (bicyclic) bond motifs is 1. The Labute approximate surface area is 201 Å². The predicted molar refractivity (Wildman–Crippen MR) is 128 cm³/mol. The van der Waals surface area contributed by atoms with E-state index in [1.165, 1.54) is 19.2 Å². The second kappa shape index (κ2) is 9.67. The van der Waals surface area contributed by atoms with Gasteiger partial charge in [-0.05, 0) is 36.2 Å². The number of pyridine rings is 2. The van der Waals surface area contributed by atoms with Gasteiger partial charge in [-0.1, -0.05) is 6.07 Å². The first-order chi connectivity index (χ1) is 17.0. The van der Waals surface area contributed by atoms with Crippen molar-refractivity contribution in [2.75, 3.05) is 25.6 Å². The third-order valence-electron chi connectivity index (χ3n) is 5.93. The standard InChI is InChI=1S/C25H25FN6O3/c1-32-13-17(12-28-32)24(15-4-6-22(34-2)19(26)9-15)31-25(33)20-5-3-16-11-27-23(10-21(16)30-20)29-18-7-8-35-14-18/h3-6,9-13,18,24H,7-8,14H2,1-2H3,(H,27,29)(H,31,33)/t18-,24?/m0/s1. The number of carbonyl (C=O) groups excluding carboxylic acids is 1. The number of rotatable bonds is 7. The first-order valence-electron chi connectivity index (χ1n) is 11.2. The quantitative estimate of drug-likeness (QED) is 0.422. The third-order valence-corrected chi connectivity index (χ3v) is 5.93. The number of ether oxygens (including phenoxy) is 2. The third kappa shape index (κ3) is 4.92. The molecule has 180 valence electrons. The molecular formula is C25H25FN6O3. The molecule has 1 fully saturated rings. The molecule has 5 rings (SSSR count). The number of aryl methyl sites for hydroxylation is 1. The Kier molecular flexibility index (Phi) is 6.28. The molecule has 2 atom stereocenters. The number of benzene rings is 1. The highest BCUT2D eigenvalue weighted by molar-refractivity contribution is 5.95. The Bertz CT molecular complexity index is 1370. The summed E-state index contributed by atoms with van der Waals surface area (Å²) in [7, 11) is 3.18. The maximum atomic E-state index is 14.5. The van der Waals surface area contributed by atoms with Crippen molar-refractivity contribution in [2.24, 2.45) is 7.05 Å². The minimum Gasteiger partial charge on any atom is -0.494 e. The number of anilines is 1. The molecule has 1 aromatic carbocycles. The van der Waals surface area contributed by atoms with Gasteiger partial charge in [0.15, 0.2) is 11.6 Å². The first-order valence-corrected chi connectivity index (χ1v) is 11.2. The lowest BCUT2D eigenvalue weighted by Gasteiger charge is -2.19. The maximum absolute atomic E-state index is 14.5. The number of halogens is 1. The van der Waals surface area contributed by atoms with Crippen LogP contribution in [0.1, 0.15) is 34.1 Å². The van der Waals surface area contributed by atoms with Gasteiger partial charge < -0.3 is 20.1 Å². The molecule has 4 aromatic rings. The van der Waals surface area contributed by atoms with E-state index >= 15 is 0 Å². The summed E-state index contributed by atoms with van der Waals surface area (Å²) in [5.41, 5.74) is 2.14. The van der Waals surface area contributed by atoms with Crippen molar-refractivity contribution < 1.29 is 18.7 Å². The van der Waals surface area contributed by atoms with Crippen LogP contribution in [0.4, 0.5) is 10.2 Å². The van der Waals surface area contributed by atoms with Gasteiger partial charge in [0.2, 0.25) is 0 Å².